The van der Waals surface area contributed by atoms with Gasteiger partial charge in [0.05, 0.1) is 30.4 Å². The fourth-order valence-electron chi connectivity index (χ4n) is 5.16. The number of halogens is 6. The minimum Gasteiger partial charge on any atom is -0.379 e. The third kappa shape index (κ3) is 8.62. The van der Waals surface area contributed by atoms with Crippen molar-refractivity contribution in [2.24, 2.45) is 16.7 Å². The predicted molar refractivity (Wildman–Crippen MR) is 152 cm³/mol. The second-order valence-electron chi connectivity index (χ2n) is 10.3. The highest BCUT2D eigenvalue weighted by atomic mass is 19.4. The maximum absolute atomic E-state index is 14.0. The zero-order valence-corrected chi connectivity index (χ0v) is 23.6. The van der Waals surface area contributed by atoms with E-state index in [2.05, 4.69) is 10.0 Å². The van der Waals surface area contributed by atoms with Crippen molar-refractivity contribution in [3.05, 3.63) is 106 Å². The summed E-state index contributed by atoms with van der Waals surface area (Å²) >= 11 is 0. The average Bonchev–Trinajstić information content (AvgIpc) is 3.22. The Balaban J connectivity index is 1.83. The molecule has 1 aliphatic carbocycles. The maximum Gasteiger partial charge on any atom is 0.416 e. The molecule has 1 aliphatic heterocycles. The number of hydrogen-bond donors (Lipinski definition) is 2. The van der Waals surface area contributed by atoms with E-state index in [0.29, 0.717) is 43.9 Å². The van der Waals surface area contributed by atoms with E-state index in [-0.39, 0.29) is 30.7 Å². The first kappa shape index (κ1) is 32.1. The van der Waals surface area contributed by atoms with Gasteiger partial charge in [0.25, 0.3) is 0 Å². The molecule has 13 heteroatoms. The third-order valence-corrected chi connectivity index (χ3v) is 7.12. The van der Waals surface area contributed by atoms with Crippen LogP contribution in [0.15, 0.2) is 83.5 Å². The number of benzene rings is 2. The van der Waals surface area contributed by atoms with Crippen molar-refractivity contribution in [1.29, 1.82) is 0 Å². The Morgan fingerprint density at radius 1 is 0.953 bits per heavy atom. The zero-order valence-electron chi connectivity index (χ0n) is 23.6. The van der Waals surface area contributed by atoms with Gasteiger partial charge in [-0.1, -0.05) is 48.6 Å². The molecule has 1 unspecified atom stereocenters. The summed E-state index contributed by atoms with van der Waals surface area (Å²) in [7, 11) is 1.40. The molecule has 4 N–H and O–H groups in total. The molecule has 2 aliphatic rings. The van der Waals surface area contributed by atoms with Crippen molar-refractivity contribution in [2.45, 2.75) is 37.9 Å². The van der Waals surface area contributed by atoms with Crippen molar-refractivity contribution >= 4 is 5.96 Å². The molecular weight excluding hydrogens is 574 g/mol. The van der Waals surface area contributed by atoms with Gasteiger partial charge in [0.1, 0.15) is 0 Å². The number of allylic oxidation sites excluding steroid dienone is 5. The second-order valence-corrected chi connectivity index (χ2v) is 10.3. The van der Waals surface area contributed by atoms with E-state index < -0.39 is 23.5 Å². The number of ether oxygens (including phenoxy) is 1. The minimum atomic E-state index is -4.63. The Morgan fingerprint density at radius 2 is 1.65 bits per heavy atom. The molecule has 0 amide bonds. The zero-order chi connectivity index (χ0) is 31.2. The number of hydrazone groups is 1. The van der Waals surface area contributed by atoms with E-state index in [1.807, 2.05) is 30.4 Å². The van der Waals surface area contributed by atoms with Crippen molar-refractivity contribution in [3.63, 3.8) is 0 Å². The second kappa shape index (κ2) is 13.7. The molecule has 1 fully saturated rings. The first-order valence-electron chi connectivity index (χ1n) is 13.6. The Bertz CT molecular complexity index is 1380. The molecule has 4 rings (SSSR count). The van der Waals surface area contributed by atoms with E-state index in [4.69, 9.17) is 16.3 Å². The highest BCUT2D eigenvalue weighted by Crippen LogP contribution is 2.38. The number of guanidine groups is 1. The highest BCUT2D eigenvalue weighted by molar-refractivity contribution is 5.78. The SMILES string of the molecule is CN(N)/N=C(\N)N(Cc1cccc(C(F)(F)F)c1)Cc1cc(C(F)(F)F)ccc1C(C1=CC=CC=CC1)N1CCOCC1. The van der Waals surface area contributed by atoms with Crippen LogP contribution in [0.4, 0.5) is 26.3 Å². The van der Waals surface area contributed by atoms with Crippen LogP contribution in [0.1, 0.15) is 40.3 Å². The third-order valence-electron chi connectivity index (χ3n) is 7.12. The van der Waals surface area contributed by atoms with Crippen LogP contribution in [0.5, 0.6) is 0 Å². The average molecular weight is 609 g/mol. The smallest absolute Gasteiger partial charge is 0.379 e. The maximum atomic E-state index is 14.0. The summed E-state index contributed by atoms with van der Waals surface area (Å²) in [5.41, 5.74) is 6.67. The molecule has 43 heavy (non-hydrogen) atoms. The fraction of sp³-hybridized carbons (Fsp3) is 0.367. The number of morpholine rings is 1. The molecule has 0 bridgehead atoms. The molecule has 0 saturated carbocycles. The Hall–Kier alpha value is -3.81. The number of hydrogen-bond acceptors (Lipinski definition) is 5. The van der Waals surface area contributed by atoms with Crippen LogP contribution >= 0.6 is 0 Å². The molecule has 7 nitrogen and oxygen atoms in total. The number of hydrazine groups is 1. The highest BCUT2D eigenvalue weighted by Gasteiger charge is 2.34. The summed E-state index contributed by atoms with van der Waals surface area (Å²) in [6.07, 6.45) is 0.988. The molecule has 1 atom stereocenters. The van der Waals surface area contributed by atoms with Crippen LogP contribution in [-0.4, -0.2) is 54.2 Å². The van der Waals surface area contributed by atoms with Crippen LogP contribution in [0, 0.1) is 0 Å². The van der Waals surface area contributed by atoms with Crippen molar-refractivity contribution in [1.82, 2.24) is 14.9 Å². The summed E-state index contributed by atoms with van der Waals surface area (Å²) < 4.78 is 87.8. The predicted octanol–water partition coefficient (Wildman–Crippen LogP) is 5.58. The first-order chi connectivity index (χ1) is 20.3. The van der Waals surface area contributed by atoms with Crippen LogP contribution < -0.4 is 11.6 Å². The molecule has 1 heterocycles. The van der Waals surface area contributed by atoms with Gasteiger partial charge in [-0.05, 0) is 52.9 Å². The fourth-order valence-corrected chi connectivity index (χ4v) is 5.16. The van der Waals surface area contributed by atoms with Crippen molar-refractivity contribution < 1.29 is 31.1 Å². The van der Waals surface area contributed by atoms with Gasteiger partial charge in [0, 0.05) is 33.2 Å². The molecule has 0 radical (unpaired) electrons. The van der Waals surface area contributed by atoms with Crippen LogP contribution in [0.2, 0.25) is 0 Å². The molecule has 0 aromatic heterocycles. The molecule has 1 saturated heterocycles. The van der Waals surface area contributed by atoms with E-state index in [0.717, 1.165) is 35.0 Å². The van der Waals surface area contributed by atoms with E-state index in [1.165, 1.54) is 30.1 Å². The van der Waals surface area contributed by atoms with E-state index in [1.54, 1.807) is 0 Å². The van der Waals surface area contributed by atoms with Gasteiger partial charge in [0.15, 0.2) is 0 Å². The van der Waals surface area contributed by atoms with Gasteiger partial charge >= 0.3 is 12.4 Å². The van der Waals surface area contributed by atoms with Crippen LogP contribution in [-0.2, 0) is 30.2 Å². The van der Waals surface area contributed by atoms with Gasteiger partial charge in [0.2, 0.25) is 5.96 Å². The number of nitrogens with two attached hydrogens (primary N) is 2. The first-order valence-corrected chi connectivity index (χ1v) is 13.6. The Morgan fingerprint density at radius 3 is 2.33 bits per heavy atom. The van der Waals surface area contributed by atoms with Gasteiger partial charge in [-0.3, -0.25) is 4.90 Å². The van der Waals surface area contributed by atoms with Crippen LogP contribution in [0.25, 0.3) is 0 Å². The summed E-state index contributed by atoms with van der Waals surface area (Å²) in [6.45, 7) is 1.71. The summed E-state index contributed by atoms with van der Waals surface area (Å²) in [5.74, 6) is 5.50. The number of nitrogens with zero attached hydrogens (tertiary/aromatic N) is 4. The van der Waals surface area contributed by atoms with Gasteiger partial charge in [-0.15, -0.1) is 5.10 Å². The minimum absolute atomic E-state index is 0.167. The van der Waals surface area contributed by atoms with Gasteiger partial charge in [-0.2, -0.15) is 26.3 Å². The lowest BCUT2D eigenvalue weighted by atomic mass is 9.89. The summed E-state index contributed by atoms with van der Waals surface area (Å²) in [4.78, 5) is 3.58. The normalized spacial score (nSPS) is 17.4. The molecule has 0 spiro atoms. The Labute approximate surface area is 246 Å². The topological polar surface area (TPSA) is 83.3 Å². The van der Waals surface area contributed by atoms with Crippen LogP contribution in [0.3, 0.4) is 0 Å². The van der Waals surface area contributed by atoms with E-state index in [9.17, 15) is 26.3 Å². The lowest BCUT2D eigenvalue weighted by molar-refractivity contribution is -0.138. The number of alkyl halides is 6. The summed E-state index contributed by atoms with van der Waals surface area (Å²) in [5, 5.41) is 4.93. The molecule has 232 valence electrons. The quantitative estimate of drug-likeness (QED) is 0.134. The number of rotatable bonds is 8. The molecule has 2 aromatic carbocycles. The standard InChI is InChI=1S/C30H34F6N6O/c1-40(38)39-28(37)42(19-21-7-6-10-24(17-21)29(31,32)33)20-23-18-25(30(34,35)36)11-12-26(23)27(41-13-15-43-16-14-41)22-8-4-2-3-5-9-22/h2-8,10-12,17-18,27H,9,13-16,19-20,38H2,1H3,(H2,37,39). The monoisotopic (exact) mass is 608 g/mol. The molecule has 2 aromatic rings. The summed E-state index contributed by atoms with van der Waals surface area (Å²) in [6, 6.07) is 7.89. The molecular formula is C30H34F6N6O. The largest absolute Gasteiger partial charge is 0.416 e. The van der Waals surface area contributed by atoms with Gasteiger partial charge in [-0.25, -0.2) is 11.0 Å². The Kier molecular flexibility index (Phi) is 10.2. The lowest BCUT2D eigenvalue weighted by Crippen LogP contribution is -2.41. The van der Waals surface area contributed by atoms with Crippen molar-refractivity contribution in [3.8, 4) is 0 Å². The van der Waals surface area contributed by atoms with Gasteiger partial charge < -0.3 is 15.4 Å². The van der Waals surface area contributed by atoms with E-state index >= 15 is 0 Å². The van der Waals surface area contributed by atoms with Crippen molar-refractivity contribution in [2.75, 3.05) is 33.4 Å². The lowest BCUT2D eigenvalue weighted by Gasteiger charge is -2.38.